The van der Waals surface area contributed by atoms with E-state index < -0.39 is 12.0 Å². The molecule has 2 aliphatic rings. The summed E-state index contributed by atoms with van der Waals surface area (Å²) in [7, 11) is 1.32. The Bertz CT molecular complexity index is 1280. The Kier molecular flexibility index (Phi) is 5.35. The van der Waals surface area contributed by atoms with Crippen LogP contribution in [0, 0.1) is 0 Å². The van der Waals surface area contributed by atoms with Crippen LogP contribution in [0.4, 0.5) is 0 Å². The number of rotatable bonds is 4. The predicted molar refractivity (Wildman–Crippen MR) is 120 cm³/mol. The highest BCUT2D eigenvalue weighted by atomic mass is 79.9. The van der Waals surface area contributed by atoms with Gasteiger partial charge in [0.05, 0.1) is 35.8 Å². The molecule has 0 bridgehead atoms. The molecule has 2 aliphatic heterocycles. The van der Waals surface area contributed by atoms with E-state index in [9.17, 15) is 14.4 Å². The first-order chi connectivity index (χ1) is 15.5. The molecule has 3 aromatic rings. The van der Waals surface area contributed by atoms with E-state index in [-0.39, 0.29) is 23.2 Å². The summed E-state index contributed by atoms with van der Waals surface area (Å²) in [4.78, 5) is 40.4. The topological polar surface area (TPSA) is 86.0 Å². The number of nitrogens with zero attached hydrogens (tertiary/aromatic N) is 1. The van der Waals surface area contributed by atoms with E-state index in [2.05, 4.69) is 15.9 Å². The van der Waals surface area contributed by atoms with Gasteiger partial charge >= 0.3 is 5.97 Å². The van der Waals surface area contributed by atoms with Gasteiger partial charge in [-0.3, -0.25) is 9.59 Å². The molecular formula is C24H20BrNO6. The highest BCUT2D eigenvalue weighted by Crippen LogP contribution is 2.39. The minimum absolute atomic E-state index is 0.0601. The summed E-state index contributed by atoms with van der Waals surface area (Å²) in [6.07, 6.45) is 1.70. The van der Waals surface area contributed by atoms with Crippen LogP contribution in [0.1, 0.15) is 50.9 Å². The zero-order valence-corrected chi connectivity index (χ0v) is 18.9. The van der Waals surface area contributed by atoms with Crippen molar-refractivity contribution < 1.29 is 23.5 Å². The van der Waals surface area contributed by atoms with Gasteiger partial charge in [0, 0.05) is 17.6 Å². The summed E-state index contributed by atoms with van der Waals surface area (Å²) in [6.45, 7) is 1.01. The molecule has 164 valence electrons. The lowest BCUT2D eigenvalue weighted by atomic mass is 9.97. The van der Waals surface area contributed by atoms with Crippen molar-refractivity contribution in [1.29, 1.82) is 0 Å². The summed E-state index contributed by atoms with van der Waals surface area (Å²) < 4.78 is 17.2. The zero-order valence-electron chi connectivity index (χ0n) is 17.3. The predicted octanol–water partition coefficient (Wildman–Crippen LogP) is 4.07. The number of carbonyl (C=O) groups excluding carboxylic acids is 2. The molecule has 2 aromatic carbocycles. The fraction of sp³-hybridized carbons (Fsp3) is 0.292. The number of methoxy groups -OCH3 is 1. The Morgan fingerprint density at radius 2 is 1.97 bits per heavy atom. The van der Waals surface area contributed by atoms with Gasteiger partial charge in [0.2, 0.25) is 5.76 Å². The van der Waals surface area contributed by atoms with E-state index >= 15 is 0 Å². The molecular weight excluding hydrogens is 478 g/mol. The average molecular weight is 498 g/mol. The van der Waals surface area contributed by atoms with Crippen LogP contribution in [0.2, 0.25) is 0 Å². The second kappa shape index (κ2) is 8.18. The lowest BCUT2D eigenvalue weighted by molar-refractivity contribution is 0.0486. The molecule has 0 radical (unpaired) electrons. The molecule has 32 heavy (non-hydrogen) atoms. The number of carbonyl (C=O) groups is 2. The van der Waals surface area contributed by atoms with Crippen LogP contribution in [0.3, 0.4) is 0 Å². The van der Waals surface area contributed by atoms with Crippen molar-refractivity contribution in [2.45, 2.75) is 25.0 Å². The zero-order chi connectivity index (χ0) is 22.4. The van der Waals surface area contributed by atoms with Crippen molar-refractivity contribution in [3.05, 3.63) is 79.6 Å². The fourth-order valence-corrected chi connectivity index (χ4v) is 4.82. The fourth-order valence-electron chi connectivity index (χ4n) is 4.45. The van der Waals surface area contributed by atoms with Gasteiger partial charge in [-0.1, -0.05) is 28.1 Å². The van der Waals surface area contributed by atoms with Gasteiger partial charge in [-0.05, 0) is 48.7 Å². The Hall–Kier alpha value is -2.97. The molecule has 1 saturated heterocycles. The quantitative estimate of drug-likeness (QED) is 0.505. The van der Waals surface area contributed by atoms with Gasteiger partial charge in [-0.2, -0.15) is 0 Å². The number of esters is 1. The van der Waals surface area contributed by atoms with E-state index in [0.29, 0.717) is 40.8 Å². The summed E-state index contributed by atoms with van der Waals surface area (Å²) in [5, 5.41) is 0.404. The van der Waals surface area contributed by atoms with Crippen molar-refractivity contribution in [2.24, 2.45) is 0 Å². The third-order valence-electron chi connectivity index (χ3n) is 6.00. The highest BCUT2D eigenvalue weighted by Gasteiger charge is 2.44. The molecule has 1 fully saturated rings. The summed E-state index contributed by atoms with van der Waals surface area (Å²) in [5.41, 5.74) is 1.53. The van der Waals surface area contributed by atoms with Crippen LogP contribution < -0.4 is 5.43 Å². The van der Waals surface area contributed by atoms with E-state index in [1.807, 2.05) is 0 Å². The third kappa shape index (κ3) is 3.43. The summed E-state index contributed by atoms with van der Waals surface area (Å²) >= 11 is 3.40. The van der Waals surface area contributed by atoms with E-state index in [4.69, 9.17) is 13.9 Å². The summed E-state index contributed by atoms with van der Waals surface area (Å²) in [5.74, 6) is -0.727. The van der Waals surface area contributed by atoms with E-state index in [1.165, 1.54) is 7.11 Å². The first-order valence-corrected chi connectivity index (χ1v) is 11.1. The van der Waals surface area contributed by atoms with Crippen LogP contribution in [0.5, 0.6) is 0 Å². The molecule has 0 unspecified atom stereocenters. The van der Waals surface area contributed by atoms with Crippen molar-refractivity contribution in [1.82, 2.24) is 4.90 Å². The van der Waals surface area contributed by atoms with Crippen molar-refractivity contribution in [2.75, 3.05) is 20.3 Å². The normalized spacial score (nSPS) is 20.1. The first-order valence-electron chi connectivity index (χ1n) is 10.3. The van der Waals surface area contributed by atoms with Crippen LogP contribution in [-0.4, -0.2) is 43.1 Å². The monoisotopic (exact) mass is 497 g/mol. The Morgan fingerprint density at radius 3 is 2.66 bits per heavy atom. The molecule has 1 amide bonds. The van der Waals surface area contributed by atoms with Gasteiger partial charge in [0.25, 0.3) is 5.91 Å². The number of halogens is 1. The largest absolute Gasteiger partial charge is 0.465 e. The second-order valence-electron chi connectivity index (χ2n) is 7.92. The van der Waals surface area contributed by atoms with Crippen molar-refractivity contribution in [3.63, 3.8) is 0 Å². The lowest BCUT2D eigenvalue weighted by Gasteiger charge is -2.27. The van der Waals surface area contributed by atoms with E-state index in [1.54, 1.807) is 47.4 Å². The lowest BCUT2D eigenvalue weighted by Crippen LogP contribution is -2.36. The van der Waals surface area contributed by atoms with Gasteiger partial charge < -0.3 is 18.8 Å². The van der Waals surface area contributed by atoms with Gasteiger partial charge in [-0.15, -0.1) is 0 Å². The van der Waals surface area contributed by atoms with Gasteiger partial charge in [0.15, 0.2) is 5.43 Å². The number of hydrogen-bond donors (Lipinski definition) is 0. The maximum absolute atomic E-state index is 13.5. The van der Waals surface area contributed by atoms with Gasteiger partial charge in [0.1, 0.15) is 5.58 Å². The Labute approximate surface area is 192 Å². The number of fused-ring (bicyclic) bond motifs is 2. The first kappa shape index (κ1) is 20.9. The van der Waals surface area contributed by atoms with Crippen molar-refractivity contribution in [3.8, 4) is 0 Å². The molecule has 7 nitrogen and oxygen atoms in total. The average Bonchev–Trinajstić information content (AvgIpc) is 3.41. The number of amides is 1. The van der Waals surface area contributed by atoms with Crippen LogP contribution >= 0.6 is 15.9 Å². The molecule has 2 atom stereocenters. The molecule has 3 heterocycles. The smallest absolute Gasteiger partial charge is 0.337 e. The number of hydrogen-bond acceptors (Lipinski definition) is 6. The Balaban J connectivity index is 1.66. The minimum Gasteiger partial charge on any atom is -0.465 e. The van der Waals surface area contributed by atoms with Crippen LogP contribution in [0.15, 0.2) is 56.1 Å². The molecule has 0 aliphatic carbocycles. The number of ether oxygens (including phenoxy) is 2. The van der Waals surface area contributed by atoms with Crippen molar-refractivity contribution >= 4 is 38.8 Å². The van der Waals surface area contributed by atoms with E-state index in [0.717, 1.165) is 17.3 Å². The molecule has 1 aromatic heterocycles. The molecule has 5 rings (SSSR count). The van der Waals surface area contributed by atoms with Gasteiger partial charge in [-0.25, -0.2) is 4.79 Å². The molecule has 0 saturated carbocycles. The third-order valence-corrected chi connectivity index (χ3v) is 6.49. The molecule has 8 heteroatoms. The second-order valence-corrected chi connectivity index (χ2v) is 8.84. The molecule has 0 N–H and O–H groups in total. The summed E-state index contributed by atoms with van der Waals surface area (Å²) in [6, 6.07) is 11.3. The Morgan fingerprint density at radius 1 is 1.19 bits per heavy atom. The number of benzene rings is 2. The minimum atomic E-state index is -0.631. The SMILES string of the molecule is COC(=O)c1ccc([C@@H]2c3c(oc4ccc(Br)cc4c3=O)C(=O)N2C[C@H]2CCCO2)cc1. The maximum Gasteiger partial charge on any atom is 0.337 e. The molecule has 0 spiro atoms. The van der Waals surface area contributed by atoms with Crippen LogP contribution in [-0.2, 0) is 9.47 Å². The standard InChI is InChI=1S/C24H20BrNO6/c1-30-24(29)14-6-4-13(5-7-14)20-19-21(27)17-11-15(25)8-9-18(17)32-22(19)23(28)26(20)12-16-3-2-10-31-16/h4-9,11,16,20H,2-3,10,12H2,1H3/t16-,20-/m1/s1. The maximum atomic E-state index is 13.5. The highest BCUT2D eigenvalue weighted by molar-refractivity contribution is 9.10. The van der Waals surface area contributed by atoms with Crippen LogP contribution in [0.25, 0.3) is 11.0 Å².